The predicted octanol–water partition coefficient (Wildman–Crippen LogP) is 16.3. The molecule has 0 radical (unpaired) electrons. The molecule has 0 heterocycles. The van der Waals surface area contributed by atoms with Gasteiger partial charge in [-0.05, 0) is 83.5 Å². The molecule has 10 heteroatoms. The zero-order valence-corrected chi connectivity index (χ0v) is 45.4. The van der Waals surface area contributed by atoms with Gasteiger partial charge in [-0.2, -0.15) is 0 Å². The van der Waals surface area contributed by atoms with Gasteiger partial charge in [0.15, 0.2) is 6.10 Å². The number of phosphoric ester groups is 1. The van der Waals surface area contributed by atoms with Crippen molar-refractivity contribution in [1.29, 1.82) is 0 Å². The van der Waals surface area contributed by atoms with Crippen LogP contribution in [-0.2, 0) is 32.7 Å². The number of likely N-dealkylation sites (N-methyl/N-ethyl adjacent to an activating group) is 1. The molecule has 2 atom stereocenters. The Morgan fingerprint density at radius 2 is 0.838 bits per heavy atom. The van der Waals surface area contributed by atoms with Gasteiger partial charge >= 0.3 is 11.9 Å². The van der Waals surface area contributed by atoms with Crippen LogP contribution in [0.2, 0.25) is 0 Å². The highest BCUT2D eigenvalue weighted by Gasteiger charge is 2.21. The quantitative estimate of drug-likeness (QED) is 0.0195. The fourth-order valence-corrected chi connectivity index (χ4v) is 8.17. The van der Waals surface area contributed by atoms with Crippen LogP contribution < -0.4 is 4.89 Å². The van der Waals surface area contributed by atoms with Crippen molar-refractivity contribution < 1.29 is 42.1 Å². The number of hydrogen-bond donors (Lipinski definition) is 0. The first kappa shape index (κ1) is 65.5. The Balaban J connectivity index is 4.15. The summed E-state index contributed by atoms with van der Waals surface area (Å²) in [4.78, 5) is 37.8. The Hall–Kier alpha value is -2.55. The number of phosphoric acid groups is 1. The van der Waals surface area contributed by atoms with Crippen LogP contribution in [0.4, 0.5) is 0 Å². The minimum absolute atomic E-state index is 0.0341. The average molecular weight is 974 g/mol. The van der Waals surface area contributed by atoms with Gasteiger partial charge in [-0.15, -0.1) is 0 Å². The van der Waals surface area contributed by atoms with Crippen molar-refractivity contribution in [3.05, 3.63) is 72.9 Å². The van der Waals surface area contributed by atoms with Crippen LogP contribution in [0.5, 0.6) is 0 Å². The van der Waals surface area contributed by atoms with Gasteiger partial charge in [0, 0.05) is 12.8 Å². The van der Waals surface area contributed by atoms with Crippen LogP contribution in [0.3, 0.4) is 0 Å². The van der Waals surface area contributed by atoms with Crippen LogP contribution in [-0.4, -0.2) is 70.0 Å². The molecule has 0 rings (SSSR count). The number of unbranched alkanes of at least 4 members (excludes halogenated alkanes) is 24. The highest BCUT2D eigenvalue weighted by Crippen LogP contribution is 2.38. The Morgan fingerprint density at radius 1 is 0.471 bits per heavy atom. The molecule has 0 N–H and O–H groups in total. The van der Waals surface area contributed by atoms with E-state index in [0.717, 1.165) is 89.9 Å². The average Bonchev–Trinajstić information content (AvgIpc) is 3.30. The SMILES string of the molecule is CC/C=C\C/C=C\C/C=C\C/C=C\C/C=C\CCCCCCCCCCCCCCCC(=O)OC(COC(=O)CCCCCCC/C=C\CCCCCCCC)COP(=O)([O-])OCC[N+](C)(C)C. The van der Waals surface area contributed by atoms with E-state index >= 15 is 0 Å². The van der Waals surface area contributed by atoms with Crippen molar-refractivity contribution in [3.8, 4) is 0 Å². The fourth-order valence-electron chi connectivity index (χ4n) is 7.44. The maximum atomic E-state index is 12.8. The summed E-state index contributed by atoms with van der Waals surface area (Å²) in [6.07, 6.45) is 63.7. The van der Waals surface area contributed by atoms with E-state index in [2.05, 4.69) is 86.8 Å². The van der Waals surface area contributed by atoms with Crippen molar-refractivity contribution in [2.75, 3.05) is 47.5 Å². The molecule has 0 fully saturated rings. The molecule has 0 aromatic carbocycles. The zero-order valence-electron chi connectivity index (χ0n) is 44.5. The number of nitrogens with zero attached hydrogens (tertiary/aromatic N) is 1. The molecule has 0 aliphatic carbocycles. The van der Waals surface area contributed by atoms with Crippen molar-refractivity contribution in [2.24, 2.45) is 0 Å². The molecule has 0 saturated heterocycles. The Morgan fingerprint density at radius 3 is 1.26 bits per heavy atom. The smallest absolute Gasteiger partial charge is 0.306 e. The summed E-state index contributed by atoms with van der Waals surface area (Å²) >= 11 is 0. The first-order chi connectivity index (χ1) is 33.0. The van der Waals surface area contributed by atoms with E-state index in [9.17, 15) is 19.0 Å². The molecule has 68 heavy (non-hydrogen) atoms. The summed E-state index contributed by atoms with van der Waals surface area (Å²) in [5.74, 6) is -0.843. The molecule has 2 unspecified atom stereocenters. The largest absolute Gasteiger partial charge is 0.756 e. The lowest BCUT2D eigenvalue weighted by molar-refractivity contribution is -0.870. The summed E-state index contributed by atoms with van der Waals surface area (Å²) in [5.41, 5.74) is 0. The third-order valence-electron chi connectivity index (χ3n) is 11.7. The lowest BCUT2D eigenvalue weighted by Crippen LogP contribution is -2.37. The van der Waals surface area contributed by atoms with Gasteiger partial charge in [0.1, 0.15) is 19.8 Å². The molecule has 0 spiro atoms. The van der Waals surface area contributed by atoms with Crippen LogP contribution >= 0.6 is 7.82 Å². The van der Waals surface area contributed by atoms with Crippen molar-refractivity contribution in [2.45, 2.75) is 238 Å². The Labute approximate surface area is 418 Å². The van der Waals surface area contributed by atoms with E-state index in [4.69, 9.17) is 18.5 Å². The van der Waals surface area contributed by atoms with E-state index in [0.29, 0.717) is 17.4 Å². The maximum absolute atomic E-state index is 12.8. The highest BCUT2D eigenvalue weighted by molar-refractivity contribution is 7.45. The molecule has 0 aliphatic rings. The lowest BCUT2D eigenvalue weighted by Gasteiger charge is -2.28. The monoisotopic (exact) mass is 974 g/mol. The van der Waals surface area contributed by atoms with E-state index in [1.54, 1.807) is 0 Å². The molecule has 0 aromatic rings. The number of esters is 2. The van der Waals surface area contributed by atoms with Gasteiger partial charge in [-0.25, -0.2) is 0 Å². The molecule has 0 aromatic heterocycles. The number of allylic oxidation sites excluding steroid dienone is 12. The van der Waals surface area contributed by atoms with Gasteiger partial charge in [-0.3, -0.25) is 14.2 Å². The number of ether oxygens (including phenoxy) is 2. The molecule has 0 saturated carbocycles. The molecular weight excluding hydrogens is 870 g/mol. The van der Waals surface area contributed by atoms with Crippen LogP contribution in [0.15, 0.2) is 72.9 Å². The summed E-state index contributed by atoms with van der Waals surface area (Å²) < 4.78 is 34.1. The predicted molar refractivity (Wildman–Crippen MR) is 286 cm³/mol. The summed E-state index contributed by atoms with van der Waals surface area (Å²) in [6, 6.07) is 0. The number of quaternary nitrogens is 1. The molecule has 0 bridgehead atoms. The Kier molecular flexibility index (Phi) is 47.6. The van der Waals surface area contributed by atoms with E-state index < -0.39 is 32.5 Å². The topological polar surface area (TPSA) is 111 Å². The molecule has 0 aliphatic heterocycles. The minimum atomic E-state index is -4.64. The second kappa shape index (κ2) is 49.4. The van der Waals surface area contributed by atoms with Gasteiger partial charge in [-0.1, -0.05) is 209 Å². The van der Waals surface area contributed by atoms with Crippen molar-refractivity contribution in [1.82, 2.24) is 0 Å². The fraction of sp³-hybridized carbons (Fsp3) is 0.759. The molecule has 9 nitrogen and oxygen atoms in total. The molecule has 394 valence electrons. The third kappa shape index (κ3) is 52.8. The zero-order chi connectivity index (χ0) is 49.9. The van der Waals surface area contributed by atoms with E-state index in [1.807, 2.05) is 21.1 Å². The molecular formula is C58H104NO8P. The summed E-state index contributed by atoms with van der Waals surface area (Å²) in [7, 11) is 1.16. The second-order valence-electron chi connectivity index (χ2n) is 19.6. The number of carbonyl (C=O) groups is 2. The number of carbonyl (C=O) groups excluding carboxylic acids is 2. The van der Waals surface area contributed by atoms with E-state index in [1.165, 1.54) is 109 Å². The van der Waals surface area contributed by atoms with E-state index in [-0.39, 0.29) is 26.1 Å². The van der Waals surface area contributed by atoms with Crippen LogP contribution in [0.25, 0.3) is 0 Å². The van der Waals surface area contributed by atoms with Crippen LogP contribution in [0, 0.1) is 0 Å². The first-order valence-corrected chi connectivity index (χ1v) is 29.1. The summed E-state index contributed by atoms with van der Waals surface area (Å²) in [5, 5.41) is 0. The normalized spacial score (nSPS) is 13.9. The van der Waals surface area contributed by atoms with Gasteiger partial charge in [0.2, 0.25) is 0 Å². The highest BCUT2D eigenvalue weighted by atomic mass is 31.2. The first-order valence-electron chi connectivity index (χ1n) is 27.6. The second-order valence-corrected chi connectivity index (χ2v) is 21.0. The van der Waals surface area contributed by atoms with Gasteiger partial charge < -0.3 is 27.9 Å². The molecule has 0 amide bonds. The van der Waals surface area contributed by atoms with Crippen molar-refractivity contribution >= 4 is 19.8 Å². The number of rotatable bonds is 50. The standard InChI is InChI=1S/C58H104NO8P/c1-6-8-10-12-14-16-18-20-22-23-24-25-26-27-28-29-30-31-32-33-34-35-37-39-41-43-45-47-49-51-58(61)67-56(55-66-68(62,63)65-53-52-59(3,4)5)54-64-57(60)50-48-46-44-42-40-38-36-21-19-17-15-13-11-9-7-2/h8,10,14,16,20-22,24-25,27-28,36,56H,6-7,9,11-13,15,17-19,23,26,29-35,37-55H2,1-5H3/b10-8-,16-14-,22-20-,25-24-,28-27-,36-21-. The van der Waals surface area contributed by atoms with Crippen molar-refractivity contribution in [3.63, 3.8) is 0 Å². The lowest BCUT2D eigenvalue weighted by atomic mass is 10.0. The minimum Gasteiger partial charge on any atom is -0.756 e. The van der Waals surface area contributed by atoms with Gasteiger partial charge in [0.05, 0.1) is 27.7 Å². The third-order valence-corrected chi connectivity index (χ3v) is 12.7. The number of hydrogen-bond acceptors (Lipinski definition) is 8. The maximum Gasteiger partial charge on any atom is 0.306 e. The van der Waals surface area contributed by atoms with Crippen LogP contribution in [0.1, 0.15) is 232 Å². The van der Waals surface area contributed by atoms with Gasteiger partial charge in [0.25, 0.3) is 7.82 Å². The Bertz CT molecular complexity index is 1380. The summed E-state index contributed by atoms with van der Waals surface area (Å²) in [6.45, 7) is 4.11.